The molecule has 0 saturated carbocycles. The number of aromatic nitrogens is 3. The number of hydrogen-bond acceptors (Lipinski definition) is 5. The maximum atomic E-state index is 4.26. The predicted molar refractivity (Wildman–Crippen MR) is 89.9 cm³/mol. The van der Waals surface area contributed by atoms with E-state index >= 15 is 0 Å². The van der Waals surface area contributed by atoms with E-state index in [2.05, 4.69) is 56.9 Å². The van der Waals surface area contributed by atoms with Crippen molar-refractivity contribution in [2.24, 2.45) is 0 Å². The van der Waals surface area contributed by atoms with Gasteiger partial charge in [0.1, 0.15) is 5.01 Å². The topological polar surface area (TPSA) is 50.7 Å². The number of nitrogens with one attached hydrogen (secondary N) is 1. The summed E-state index contributed by atoms with van der Waals surface area (Å²) in [4.78, 5) is 4.10. The van der Waals surface area contributed by atoms with Crippen LogP contribution in [0.5, 0.6) is 0 Å². The lowest BCUT2D eigenvalue weighted by atomic mass is 9.98. The lowest BCUT2D eigenvalue weighted by Gasteiger charge is -2.07. The van der Waals surface area contributed by atoms with E-state index in [1.54, 1.807) is 11.3 Å². The first-order chi connectivity index (χ1) is 10.8. The van der Waals surface area contributed by atoms with E-state index in [-0.39, 0.29) is 0 Å². The summed E-state index contributed by atoms with van der Waals surface area (Å²) in [6, 6.07) is 10.6. The molecule has 1 aliphatic rings. The van der Waals surface area contributed by atoms with Gasteiger partial charge in [-0.05, 0) is 46.9 Å². The summed E-state index contributed by atoms with van der Waals surface area (Å²) in [6.45, 7) is 0. The van der Waals surface area contributed by atoms with Gasteiger partial charge >= 0.3 is 0 Å². The minimum absolute atomic E-state index is 0.834. The van der Waals surface area contributed by atoms with Gasteiger partial charge in [-0.25, -0.2) is 0 Å². The lowest BCUT2D eigenvalue weighted by Crippen LogP contribution is -1.89. The van der Waals surface area contributed by atoms with E-state index in [0.29, 0.717) is 0 Å². The standard InChI is InChI=1S/C17H14N4S/c1-18-17-21-20-16(22-17)13-3-2-11-4-5-14(15(11)10-13)12-6-8-19-9-7-12/h2-3,5-10H,4H2,1H3,(H,18,21). The summed E-state index contributed by atoms with van der Waals surface area (Å²) in [5, 5.41) is 13.2. The second-order valence-electron chi connectivity index (χ2n) is 5.09. The summed E-state index contributed by atoms with van der Waals surface area (Å²) in [5.74, 6) is 0. The third-order valence-electron chi connectivity index (χ3n) is 3.80. The number of hydrogen-bond donors (Lipinski definition) is 1. The molecule has 0 amide bonds. The highest BCUT2D eigenvalue weighted by atomic mass is 32.1. The van der Waals surface area contributed by atoms with Gasteiger partial charge < -0.3 is 5.32 Å². The van der Waals surface area contributed by atoms with Gasteiger partial charge in [-0.3, -0.25) is 4.98 Å². The van der Waals surface area contributed by atoms with Gasteiger partial charge in [-0.2, -0.15) is 0 Å². The van der Waals surface area contributed by atoms with Crippen molar-refractivity contribution < 1.29 is 0 Å². The Kier molecular flexibility index (Phi) is 3.20. The number of benzene rings is 1. The van der Waals surface area contributed by atoms with E-state index in [4.69, 9.17) is 0 Å². The number of nitrogens with zero attached hydrogens (tertiary/aromatic N) is 3. The fourth-order valence-electron chi connectivity index (χ4n) is 2.71. The first-order valence-electron chi connectivity index (χ1n) is 7.10. The maximum absolute atomic E-state index is 4.26. The van der Waals surface area contributed by atoms with Crippen LogP contribution in [0.1, 0.15) is 16.7 Å². The highest BCUT2D eigenvalue weighted by Crippen LogP contribution is 2.36. The molecule has 2 heterocycles. The molecule has 108 valence electrons. The third kappa shape index (κ3) is 2.19. The molecule has 0 atom stereocenters. The van der Waals surface area contributed by atoms with Crippen molar-refractivity contribution in [2.45, 2.75) is 6.42 Å². The van der Waals surface area contributed by atoms with E-state index in [0.717, 1.165) is 22.1 Å². The smallest absolute Gasteiger partial charge is 0.205 e. The predicted octanol–water partition coefficient (Wildman–Crippen LogP) is 3.63. The zero-order chi connectivity index (χ0) is 14.9. The third-order valence-corrected chi connectivity index (χ3v) is 4.79. The number of anilines is 1. The van der Waals surface area contributed by atoms with Crippen LogP contribution in [0.15, 0.2) is 48.8 Å². The van der Waals surface area contributed by atoms with Crippen LogP contribution in [-0.2, 0) is 6.42 Å². The SMILES string of the molecule is CNc1nnc(-c2ccc3c(c2)C(c2ccncc2)=CC3)s1. The minimum atomic E-state index is 0.834. The minimum Gasteiger partial charge on any atom is -0.363 e. The molecule has 5 heteroatoms. The Balaban J connectivity index is 1.77. The lowest BCUT2D eigenvalue weighted by molar-refractivity contribution is 1.09. The molecule has 22 heavy (non-hydrogen) atoms. The molecule has 3 aromatic rings. The summed E-state index contributed by atoms with van der Waals surface area (Å²) in [7, 11) is 1.86. The molecule has 4 nitrogen and oxygen atoms in total. The highest BCUT2D eigenvalue weighted by molar-refractivity contribution is 7.18. The number of pyridine rings is 1. The van der Waals surface area contributed by atoms with Crippen molar-refractivity contribution in [3.63, 3.8) is 0 Å². The van der Waals surface area contributed by atoms with E-state index in [1.165, 1.54) is 22.3 Å². The van der Waals surface area contributed by atoms with Crippen LogP contribution in [0.2, 0.25) is 0 Å². The molecule has 4 rings (SSSR count). The molecular formula is C17H14N4S. The van der Waals surface area contributed by atoms with Crippen molar-refractivity contribution in [1.82, 2.24) is 15.2 Å². The monoisotopic (exact) mass is 306 g/mol. The molecule has 0 radical (unpaired) electrons. The Morgan fingerprint density at radius 3 is 2.68 bits per heavy atom. The zero-order valence-electron chi connectivity index (χ0n) is 12.1. The molecule has 1 N–H and O–H groups in total. The quantitative estimate of drug-likeness (QED) is 0.803. The molecule has 2 aromatic heterocycles. The summed E-state index contributed by atoms with van der Waals surface area (Å²) in [6.07, 6.45) is 6.93. The first-order valence-corrected chi connectivity index (χ1v) is 7.92. The van der Waals surface area contributed by atoms with Gasteiger partial charge in [0.2, 0.25) is 5.13 Å². The number of rotatable bonds is 3. The molecule has 0 saturated heterocycles. The van der Waals surface area contributed by atoms with Crippen LogP contribution in [0, 0.1) is 0 Å². The molecule has 1 aromatic carbocycles. The van der Waals surface area contributed by atoms with Crippen LogP contribution in [0.4, 0.5) is 5.13 Å². The van der Waals surface area contributed by atoms with Gasteiger partial charge in [0, 0.05) is 25.0 Å². The van der Waals surface area contributed by atoms with Crippen molar-refractivity contribution in [2.75, 3.05) is 12.4 Å². The van der Waals surface area contributed by atoms with Gasteiger partial charge in [0.15, 0.2) is 0 Å². The first kappa shape index (κ1) is 13.2. The Hall–Kier alpha value is -2.53. The fraction of sp³-hybridized carbons (Fsp3) is 0.118. The van der Waals surface area contributed by atoms with Crippen LogP contribution in [0.25, 0.3) is 16.1 Å². The molecular weight excluding hydrogens is 292 g/mol. The molecule has 0 bridgehead atoms. The Morgan fingerprint density at radius 2 is 1.91 bits per heavy atom. The van der Waals surface area contributed by atoms with Gasteiger partial charge in [-0.15, -0.1) is 10.2 Å². The van der Waals surface area contributed by atoms with Crippen LogP contribution in [0.3, 0.4) is 0 Å². The van der Waals surface area contributed by atoms with E-state index in [9.17, 15) is 0 Å². The normalized spacial score (nSPS) is 12.9. The summed E-state index contributed by atoms with van der Waals surface area (Å²) < 4.78 is 0. The van der Waals surface area contributed by atoms with Crippen molar-refractivity contribution in [3.05, 3.63) is 65.5 Å². The Bertz CT molecular complexity index is 852. The maximum Gasteiger partial charge on any atom is 0.205 e. The summed E-state index contributed by atoms with van der Waals surface area (Å²) >= 11 is 1.57. The molecule has 0 spiro atoms. The molecule has 1 aliphatic carbocycles. The van der Waals surface area contributed by atoms with Gasteiger partial charge in [0.05, 0.1) is 0 Å². The van der Waals surface area contributed by atoms with Gasteiger partial charge in [-0.1, -0.05) is 29.5 Å². The van der Waals surface area contributed by atoms with Crippen LogP contribution in [-0.4, -0.2) is 22.2 Å². The van der Waals surface area contributed by atoms with Crippen LogP contribution < -0.4 is 5.32 Å². The highest BCUT2D eigenvalue weighted by Gasteiger charge is 2.17. The second kappa shape index (κ2) is 5.35. The van der Waals surface area contributed by atoms with Crippen molar-refractivity contribution >= 4 is 22.0 Å². The Labute approximate surface area is 132 Å². The number of fused-ring (bicyclic) bond motifs is 1. The number of allylic oxidation sites excluding steroid dienone is 1. The Morgan fingerprint density at radius 1 is 1.05 bits per heavy atom. The fourth-order valence-corrected chi connectivity index (χ4v) is 3.40. The average molecular weight is 306 g/mol. The average Bonchev–Trinajstić information content (AvgIpc) is 3.22. The molecule has 0 unspecified atom stereocenters. The van der Waals surface area contributed by atoms with Crippen LogP contribution >= 0.6 is 11.3 Å². The largest absolute Gasteiger partial charge is 0.363 e. The zero-order valence-corrected chi connectivity index (χ0v) is 12.9. The second-order valence-corrected chi connectivity index (χ2v) is 6.07. The van der Waals surface area contributed by atoms with E-state index < -0.39 is 0 Å². The summed E-state index contributed by atoms with van der Waals surface area (Å²) in [5.41, 5.74) is 6.23. The van der Waals surface area contributed by atoms with Gasteiger partial charge in [0.25, 0.3) is 0 Å². The van der Waals surface area contributed by atoms with Crippen molar-refractivity contribution in [3.8, 4) is 10.6 Å². The molecule has 0 aliphatic heterocycles. The van der Waals surface area contributed by atoms with Crippen molar-refractivity contribution in [1.29, 1.82) is 0 Å². The van der Waals surface area contributed by atoms with E-state index in [1.807, 2.05) is 19.4 Å². The molecule has 0 fully saturated rings.